The first-order chi connectivity index (χ1) is 7.86. The van der Waals surface area contributed by atoms with E-state index in [1.165, 1.54) is 4.88 Å². The van der Waals surface area contributed by atoms with Gasteiger partial charge in [0, 0.05) is 17.8 Å². The van der Waals surface area contributed by atoms with E-state index in [1.807, 2.05) is 11.4 Å². The molecule has 4 heteroatoms. The molecule has 1 fully saturated rings. The normalized spacial score (nSPS) is 20.6. The lowest BCUT2D eigenvalue weighted by Gasteiger charge is -2.20. The third kappa shape index (κ3) is 3.32. The largest absolute Gasteiger partial charge is 0.465 e. The fourth-order valence-electron chi connectivity index (χ4n) is 1.88. The SMILES string of the molecule is O=C(OCCc1cccs1)[C@@H]1CCCNC1. The van der Waals surface area contributed by atoms with Gasteiger partial charge in [0.15, 0.2) is 0 Å². The highest BCUT2D eigenvalue weighted by Crippen LogP contribution is 2.13. The molecule has 1 aromatic rings. The Kier molecular flexibility index (Phi) is 4.36. The summed E-state index contributed by atoms with van der Waals surface area (Å²) >= 11 is 1.71. The van der Waals surface area contributed by atoms with E-state index in [0.29, 0.717) is 6.61 Å². The third-order valence-electron chi connectivity index (χ3n) is 2.80. The van der Waals surface area contributed by atoms with Crippen molar-refractivity contribution in [2.45, 2.75) is 19.3 Å². The van der Waals surface area contributed by atoms with Crippen LogP contribution >= 0.6 is 11.3 Å². The van der Waals surface area contributed by atoms with E-state index in [4.69, 9.17) is 4.74 Å². The molecule has 1 aliphatic rings. The monoisotopic (exact) mass is 239 g/mol. The first kappa shape index (κ1) is 11.6. The van der Waals surface area contributed by atoms with E-state index in [0.717, 1.165) is 32.4 Å². The van der Waals surface area contributed by atoms with Crippen molar-refractivity contribution >= 4 is 17.3 Å². The molecule has 1 aliphatic heterocycles. The van der Waals surface area contributed by atoms with Crippen LogP contribution in [0.2, 0.25) is 0 Å². The van der Waals surface area contributed by atoms with Crippen LogP contribution in [-0.4, -0.2) is 25.7 Å². The van der Waals surface area contributed by atoms with Crippen LogP contribution in [0.3, 0.4) is 0 Å². The van der Waals surface area contributed by atoms with Gasteiger partial charge in [-0.25, -0.2) is 0 Å². The van der Waals surface area contributed by atoms with Gasteiger partial charge in [0.2, 0.25) is 0 Å². The van der Waals surface area contributed by atoms with Crippen molar-refractivity contribution in [3.63, 3.8) is 0 Å². The number of hydrogen-bond donors (Lipinski definition) is 1. The number of carbonyl (C=O) groups is 1. The van der Waals surface area contributed by atoms with Crippen LogP contribution in [-0.2, 0) is 16.0 Å². The van der Waals surface area contributed by atoms with Crippen molar-refractivity contribution < 1.29 is 9.53 Å². The molecule has 0 spiro atoms. The first-order valence-corrected chi connectivity index (χ1v) is 6.64. The van der Waals surface area contributed by atoms with Gasteiger partial charge in [-0.2, -0.15) is 0 Å². The Balaban J connectivity index is 1.67. The maximum atomic E-state index is 11.7. The fraction of sp³-hybridized carbons (Fsp3) is 0.583. The van der Waals surface area contributed by atoms with E-state index in [1.54, 1.807) is 11.3 Å². The van der Waals surface area contributed by atoms with Crippen LogP contribution in [0.25, 0.3) is 0 Å². The summed E-state index contributed by atoms with van der Waals surface area (Å²) in [7, 11) is 0. The number of nitrogens with one attached hydrogen (secondary N) is 1. The van der Waals surface area contributed by atoms with E-state index >= 15 is 0 Å². The van der Waals surface area contributed by atoms with E-state index in [2.05, 4.69) is 11.4 Å². The molecular weight excluding hydrogens is 222 g/mol. The number of piperidine rings is 1. The van der Waals surface area contributed by atoms with Gasteiger partial charge in [0.1, 0.15) is 0 Å². The first-order valence-electron chi connectivity index (χ1n) is 5.76. The van der Waals surface area contributed by atoms with Crippen LogP contribution in [0.15, 0.2) is 17.5 Å². The van der Waals surface area contributed by atoms with Crippen LogP contribution in [0, 0.1) is 5.92 Å². The van der Waals surface area contributed by atoms with Crippen molar-refractivity contribution in [2.24, 2.45) is 5.92 Å². The van der Waals surface area contributed by atoms with Gasteiger partial charge in [-0.15, -0.1) is 11.3 Å². The van der Waals surface area contributed by atoms with Gasteiger partial charge < -0.3 is 10.1 Å². The summed E-state index contributed by atoms with van der Waals surface area (Å²) in [5, 5.41) is 5.26. The molecule has 1 N–H and O–H groups in total. The average Bonchev–Trinajstić information content (AvgIpc) is 2.83. The Morgan fingerprint density at radius 3 is 3.25 bits per heavy atom. The quantitative estimate of drug-likeness (QED) is 0.815. The van der Waals surface area contributed by atoms with Gasteiger partial charge in [0.05, 0.1) is 12.5 Å². The highest BCUT2D eigenvalue weighted by atomic mass is 32.1. The summed E-state index contributed by atoms with van der Waals surface area (Å²) in [5.41, 5.74) is 0. The van der Waals surface area contributed by atoms with Gasteiger partial charge in [-0.05, 0) is 30.8 Å². The van der Waals surface area contributed by atoms with E-state index in [-0.39, 0.29) is 11.9 Å². The van der Waals surface area contributed by atoms with Crippen molar-refractivity contribution in [2.75, 3.05) is 19.7 Å². The topological polar surface area (TPSA) is 38.3 Å². The Morgan fingerprint density at radius 2 is 2.56 bits per heavy atom. The second kappa shape index (κ2) is 6.01. The molecule has 2 heterocycles. The zero-order chi connectivity index (χ0) is 11.2. The number of rotatable bonds is 4. The van der Waals surface area contributed by atoms with Crippen LogP contribution in [0.5, 0.6) is 0 Å². The van der Waals surface area contributed by atoms with Gasteiger partial charge in [0.25, 0.3) is 0 Å². The van der Waals surface area contributed by atoms with Crippen molar-refractivity contribution in [3.05, 3.63) is 22.4 Å². The zero-order valence-electron chi connectivity index (χ0n) is 9.28. The van der Waals surface area contributed by atoms with Crippen LogP contribution < -0.4 is 5.32 Å². The molecule has 2 rings (SSSR count). The van der Waals surface area contributed by atoms with Gasteiger partial charge in [-0.3, -0.25) is 4.79 Å². The summed E-state index contributed by atoms with van der Waals surface area (Å²) in [6.07, 6.45) is 2.87. The molecular formula is C12H17NO2S. The van der Waals surface area contributed by atoms with Crippen molar-refractivity contribution in [1.82, 2.24) is 5.32 Å². The second-order valence-corrected chi connectivity index (χ2v) is 5.07. The Hall–Kier alpha value is -0.870. The zero-order valence-corrected chi connectivity index (χ0v) is 10.1. The molecule has 3 nitrogen and oxygen atoms in total. The summed E-state index contributed by atoms with van der Waals surface area (Å²) in [6.45, 7) is 2.31. The van der Waals surface area contributed by atoms with Crippen LogP contribution in [0.4, 0.5) is 0 Å². The van der Waals surface area contributed by atoms with Gasteiger partial charge >= 0.3 is 5.97 Å². The maximum Gasteiger partial charge on any atom is 0.310 e. The van der Waals surface area contributed by atoms with Crippen molar-refractivity contribution in [3.8, 4) is 0 Å². The van der Waals surface area contributed by atoms with Crippen molar-refractivity contribution in [1.29, 1.82) is 0 Å². The number of hydrogen-bond acceptors (Lipinski definition) is 4. The summed E-state index contributed by atoms with van der Waals surface area (Å²) in [6, 6.07) is 4.09. The molecule has 16 heavy (non-hydrogen) atoms. The average molecular weight is 239 g/mol. The van der Waals surface area contributed by atoms with Crippen LogP contribution in [0.1, 0.15) is 17.7 Å². The minimum Gasteiger partial charge on any atom is -0.465 e. The molecule has 0 unspecified atom stereocenters. The lowest BCUT2D eigenvalue weighted by Crippen LogP contribution is -2.35. The molecule has 0 aromatic carbocycles. The third-order valence-corrected chi connectivity index (χ3v) is 3.74. The highest BCUT2D eigenvalue weighted by Gasteiger charge is 2.21. The highest BCUT2D eigenvalue weighted by molar-refractivity contribution is 7.09. The molecule has 0 aliphatic carbocycles. The summed E-state index contributed by atoms with van der Waals surface area (Å²) < 4.78 is 5.28. The van der Waals surface area contributed by atoms with E-state index < -0.39 is 0 Å². The minimum absolute atomic E-state index is 0.0382. The summed E-state index contributed by atoms with van der Waals surface area (Å²) in [4.78, 5) is 12.9. The maximum absolute atomic E-state index is 11.7. The standard InChI is InChI=1S/C12H17NO2S/c14-12(10-3-1-6-13-9-10)15-7-5-11-4-2-8-16-11/h2,4,8,10,13H,1,3,5-7,9H2/t10-/m1/s1. The lowest BCUT2D eigenvalue weighted by atomic mass is 10.0. The minimum atomic E-state index is -0.0382. The number of carbonyl (C=O) groups excluding carboxylic acids is 1. The fourth-order valence-corrected chi connectivity index (χ4v) is 2.57. The summed E-state index contributed by atoms with van der Waals surface area (Å²) in [5.74, 6) is 0.0286. The molecule has 0 amide bonds. The van der Waals surface area contributed by atoms with E-state index in [9.17, 15) is 4.79 Å². The molecule has 0 radical (unpaired) electrons. The molecule has 1 aromatic heterocycles. The molecule has 1 atom stereocenters. The number of thiophene rings is 1. The number of ether oxygens (including phenoxy) is 1. The molecule has 0 bridgehead atoms. The Bertz CT molecular complexity index is 318. The predicted molar refractivity (Wildman–Crippen MR) is 64.6 cm³/mol. The second-order valence-electron chi connectivity index (χ2n) is 4.04. The molecule has 0 saturated carbocycles. The number of esters is 1. The smallest absolute Gasteiger partial charge is 0.310 e. The molecule has 1 saturated heterocycles. The van der Waals surface area contributed by atoms with Gasteiger partial charge in [-0.1, -0.05) is 6.07 Å². The molecule has 88 valence electrons. The Labute approximate surface area is 99.8 Å². The lowest BCUT2D eigenvalue weighted by molar-refractivity contribution is -0.149. The Morgan fingerprint density at radius 1 is 1.62 bits per heavy atom. The predicted octanol–water partition coefficient (Wildman–Crippen LogP) is 1.83.